The van der Waals surface area contributed by atoms with E-state index in [-0.39, 0.29) is 11.9 Å². The quantitative estimate of drug-likeness (QED) is 0.768. The van der Waals surface area contributed by atoms with Crippen molar-refractivity contribution in [2.24, 2.45) is 0 Å². The molecule has 1 heterocycles. The monoisotopic (exact) mass is 362 g/mol. The van der Waals surface area contributed by atoms with Crippen molar-refractivity contribution in [2.75, 3.05) is 5.73 Å². The van der Waals surface area contributed by atoms with Crippen molar-refractivity contribution in [2.45, 2.75) is 6.61 Å². The third-order valence-electron chi connectivity index (χ3n) is 3.26. The first-order chi connectivity index (χ1) is 11.5. The highest BCUT2D eigenvalue weighted by atomic mass is 35.5. The molecule has 2 N–H and O–H groups in total. The van der Waals surface area contributed by atoms with Gasteiger partial charge in [-0.25, -0.2) is 4.57 Å². The normalized spacial score (nSPS) is 10.6. The fourth-order valence-corrected chi connectivity index (χ4v) is 2.38. The van der Waals surface area contributed by atoms with Crippen LogP contribution in [0.1, 0.15) is 15.9 Å². The number of carbonyl (C=O) groups excluding carboxylic acids is 1. The summed E-state index contributed by atoms with van der Waals surface area (Å²) in [5.41, 5.74) is 6.87. The van der Waals surface area contributed by atoms with Crippen LogP contribution in [-0.2, 0) is 6.61 Å². The number of nitrogens with zero attached hydrogens (tertiary/aromatic N) is 3. The van der Waals surface area contributed by atoms with Crippen molar-refractivity contribution in [1.82, 2.24) is 14.8 Å². The van der Waals surface area contributed by atoms with Crippen molar-refractivity contribution < 1.29 is 9.53 Å². The van der Waals surface area contributed by atoms with E-state index in [0.717, 1.165) is 10.1 Å². The molecule has 0 atom stereocenters. The fraction of sp³-hybridized carbons (Fsp3) is 0.0625. The number of hydrogen-bond donors (Lipinski definition) is 1. The van der Waals surface area contributed by atoms with Gasteiger partial charge < -0.3 is 10.5 Å². The van der Waals surface area contributed by atoms with Gasteiger partial charge in [0.25, 0.3) is 5.91 Å². The molecule has 1 aromatic heterocycles. The van der Waals surface area contributed by atoms with Gasteiger partial charge in [-0.3, -0.25) is 4.79 Å². The largest absolute Gasteiger partial charge is 0.489 e. The van der Waals surface area contributed by atoms with Crippen LogP contribution in [0.15, 0.2) is 48.8 Å². The van der Waals surface area contributed by atoms with Crippen LogP contribution in [0.4, 0.5) is 5.95 Å². The van der Waals surface area contributed by atoms with E-state index in [1.165, 1.54) is 6.33 Å². The summed E-state index contributed by atoms with van der Waals surface area (Å²) in [5.74, 6) is 0.234. The van der Waals surface area contributed by atoms with Crippen LogP contribution in [0, 0.1) is 0 Å². The second kappa shape index (κ2) is 6.90. The lowest BCUT2D eigenvalue weighted by molar-refractivity contribution is 0.0961. The Hall–Kier alpha value is -2.57. The average Bonchev–Trinajstić information content (AvgIpc) is 3.01. The number of anilines is 1. The number of aromatic nitrogens is 3. The molecule has 0 radical (unpaired) electrons. The van der Waals surface area contributed by atoms with Crippen LogP contribution in [0.3, 0.4) is 0 Å². The highest BCUT2D eigenvalue weighted by molar-refractivity contribution is 6.42. The molecule has 0 unspecified atom stereocenters. The second-order valence-electron chi connectivity index (χ2n) is 4.93. The molecule has 0 fully saturated rings. The Morgan fingerprint density at radius 3 is 2.71 bits per heavy atom. The highest BCUT2D eigenvalue weighted by Crippen LogP contribution is 2.23. The molecule has 0 aliphatic carbocycles. The number of nitrogens with two attached hydrogens (primary N) is 1. The number of nitrogen functional groups attached to an aromatic ring is 1. The number of carbonyl (C=O) groups is 1. The maximum atomic E-state index is 12.4. The van der Waals surface area contributed by atoms with Gasteiger partial charge >= 0.3 is 0 Å². The number of benzene rings is 2. The molecule has 0 aliphatic rings. The third-order valence-corrected chi connectivity index (χ3v) is 4.00. The smallest absolute Gasteiger partial charge is 0.266 e. The molecular weight excluding hydrogens is 351 g/mol. The van der Waals surface area contributed by atoms with E-state index in [4.69, 9.17) is 33.7 Å². The van der Waals surface area contributed by atoms with Crippen LogP contribution >= 0.6 is 23.2 Å². The van der Waals surface area contributed by atoms with Gasteiger partial charge in [-0.05, 0) is 35.9 Å². The number of hydrogen-bond acceptors (Lipinski definition) is 5. The van der Waals surface area contributed by atoms with Crippen molar-refractivity contribution in [3.63, 3.8) is 0 Å². The zero-order valence-electron chi connectivity index (χ0n) is 12.3. The molecule has 0 saturated heterocycles. The van der Waals surface area contributed by atoms with E-state index in [1.54, 1.807) is 36.4 Å². The predicted molar refractivity (Wildman–Crippen MR) is 91.4 cm³/mol. The highest BCUT2D eigenvalue weighted by Gasteiger charge is 2.12. The first kappa shape index (κ1) is 16.3. The Morgan fingerprint density at radius 2 is 2.00 bits per heavy atom. The average molecular weight is 363 g/mol. The lowest BCUT2D eigenvalue weighted by Crippen LogP contribution is -2.14. The summed E-state index contributed by atoms with van der Waals surface area (Å²) in [4.78, 5) is 12.4. The summed E-state index contributed by atoms with van der Waals surface area (Å²) in [6.07, 6.45) is 1.26. The lowest BCUT2D eigenvalue weighted by Gasteiger charge is -2.09. The van der Waals surface area contributed by atoms with Crippen LogP contribution in [0.5, 0.6) is 5.75 Å². The molecule has 0 aliphatic heterocycles. The summed E-state index contributed by atoms with van der Waals surface area (Å²) in [5, 5.41) is 8.14. The van der Waals surface area contributed by atoms with Crippen molar-refractivity contribution in [3.8, 4) is 5.75 Å². The molecule has 0 spiro atoms. The SMILES string of the molecule is Nc1nncn1C(=O)c1cccc(OCc2ccc(Cl)c(Cl)c2)c1. The maximum Gasteiger partial charge on any atom is 0.266 e. The van der Waals surface area contributed by atoms with Crippen molar-refractivity contribution in [1.29, 1.82) is 0 Å². The van der Waals surface area contributed by atoms with Crippen LogP contribution in [-0.4, -0.2) is 20.7 Å². The molecule has 2 aromatic carbocycles. The summed E-state index contributed by atoms with van der Waals surface area (Å²) in [6, 6.07) is 12.0. The molecule has 3 aromatic rings. The molecular formula is C16H12Cl2N4O2. The Labute approximate surface area is 147 Å². The van der Waals surface area contributed by atoms with Crippen LogP contribution < -0.4 is 10.5 Å². The fourth-order valence-electron chi connectivity index (χ4n) is 2.05. The first-order valence-electron chi connectivity index (χ1n) is 6.91. The summed E-state index contributed by atoms with van der Waals surface area (Å²) >= 11 is 11.9. The molecule has 6 nitrogen and oxygen atoms in total. The molecule has 0 bridgehead atoms. The molecule has 24 heavy (non-hydrogen) atoms. The Bertz CT molecular complexity index is 895. The van der Waals surface area contributed by atoms with Crippen molar-refractivity contribution in [3.05, 3.63) is 70.0 Å². The zero-order valence-corrected chi connectivity index (χ0v) is 13.8. The van der Waals surface area contributed by atoms with Gasteiger partial charge in [0.1, 0.15) is 18.7 Å². The van der Waals surface area contributed by atoms with E-state index in [0.29, 0.717) is 28.0 Å². The van der Waals surface area contributed by atoms with Gasteiger partial charge in [-0.15, -0.1) is 10.2 Å². The maximum absolute atomic E-state index is 12.4. The standard InChI is InChI=1S/C16H12Cl2N4O2/c17-13-5-4-10(6-14(13)18)8-24-12-3-1-2-11(7-12)15(23)22-9-20-21-16(22)19/h1-7,9H,8H2,(H2,19,21). The second-order valence-corrected chi connectivity index (χ2v) is 5.74. The Kier molecular flexibility index (Phi) is 4.69. The Morgan fingerprint density at radius 1 is 1.17 bits per heavy atom. The van der Waals surface area contributed by atoms with E-state index in [1.807, 2.05) is 6.07 Å². The van der Waals surface area contributed by atoms with E-state index in [2.05, 4.69) is 10.2 Å². The van der Waals surface area contributed by atoms with Gasteiger partial charge in [0, 0.05) is 5.56 Å². The van der Waals surface area contributed by atoms with Crippen LogP contribution in [0.25, 0.3) is 0 Å². The predicted octanol–water partition coefficient (Wildman–Crippen LogP) is 3.43. The number of rotatable bonds is 4. The minimum atomic E-state index is -0.336. The van der Waals surface area contributed by atoms with Gasteiger partial charge in [0.05, 0.1) is 10.0 Å². The number of halogens is 2. The molecule has 8 heteroatoms. The molecule has 3 rings (SSSR count). The van der Waals surface area contributed by atoms with E-state index in [9.17, 15) is 4.79 Å². The van der Waals surface area contributed by atoms with Gasteiger partial charge in [-0.2, -0.15) is 0 Å². The molecule has 0 saturated carbocycles. The number of ether oxygens (including phenoxy) is 1. The van der Waals surface area contributed by atoms with E-state index < -0.39 is 0 Å². The first-order valence-corrected chi connectivity index (χ1v) is 7.67. The lowest BCUT2D eigenvalue weighted by atomic mass is 10.2. The summed E-state index contributed by atoms with van der Waals surface area (Å²) in [6.45, 7) is 0.295. The van der Waals surface area contributed by atoms with E-state index >= 15 is 0 Å². The molecule has 122 valence electrons. The third kappa shape index (κ3) is 3.50. The summed E-state index contributed by atoms with van der Waals surface area (Å²) < 4.78 is 6.86. The van der Waals surface area contributed by atoms with Crippen LogP contribution in [0.2, 0.25) is 10.0 Å². The zero-order chi connectivity index (χ0) is 17.1. The van der Waals surface area contributed by atoms with Crippen molar-refractivity contribution >= 4 is 35.1 Å². The topological polar surface area (TPSA) is 83.0 Å². The van der Waals surface area contributed by atoms with Gasteiger partial charge in [0.15, 0.2) is 0 Å². The Balaban J connectivity index is 1.74. The minimum absolute atomic E-state index is 0.0297. The summed E-state index contributed by atoms with van der Waals surface area (Å²) in [7, 11) is 0. The molecule has 0 amide bonds. The van der Waals surface area contributed by atoms with Gasteiger partial charge in [-0.1, -0.05) is 35.3 Å². The van der Waals surface area contributed by atoms with Gasteiger partial charge in [0.2, 0.25) is 5.95 Å². The minimum Gasteiger partial charge on any atom is -0.489 e.